The van der Waals surface area contributed by atoms with Crippen LogP contribution >= 0.6 is 0 Å². The molecule has 0 bridgehead atoms. The lowest BCUT2D eigenvalue weighted by Crippen LogP contribution is -2.13. The first-order chi connectivity index (χ1) is 15.7. The van der Waals surface area contributed by atoms with Gasteiger partial charge in [-0.25, -0.2) is 9.97 Å². The molecule has 5 rings (SSSR count). The van der Waals surface area contributed by atoms with Crippen LogP contribution in [0.25, 0.3) is 22.3 Å². The maximum Gasteiger partial charge on any atom is 0.250 e. The number of rotatable bonds is 6. The normalized spacial score (nSPS) is 13.9. The molecular weight excluding hydrogens is 402 g/mol. The van der Waals surface area contributed by atoms with Crippen LogP contribution < -0.4 is 15.8 Å². The number of ether oxygens (including phenoxy) is 1. The molecule has 7 heteroatoms. The summed E-state index contributed by atoms with van der Waals surface area (Å²) in [5, 5.41) is 4.10. The second kappa shape index (κ2) is 8.63. The maximum atomic E-state index is 11.9. The number of hydrogen-bond acceptors (Lipinski definition) is 6. The van der Waals surface area contributed by atoms with Gasteiger partial charge in [0.1, 0.15) is 11.6 Å². The van der Waals surface area contributed by atoms with Crippen molar-refractivity contribution >= 4 is 28.3 Å². The highest BCUT2D eigenvalue weighted by Gasteiger charge is 2.18. The minimum absolute atomic E-state index is 0.245. The topological polar surface area (TPSA) is 103 Å². The van der Waals surface area contributed by atoms with Crippen LogP contribution in [0.1, 0.15) is 36.0 Å². The third-order valence-corrected chi connectivity index (χ3v) is 5.64. The van der Waals surface area contributed by atoms with E-state index in [9.17, 15) is 4.79 Å². The van der Waals surface area contributed by atoms with Gasteiger partial charge in [0, 0.05) is 23.3 Å². The van der Waals surface area contributed by atoms with E-state index in [-0.39, 0.29) is 6.10 Å². The van der Waals surface area contributed by atoms with Crippen LogP contribution in [0.5, 0.6) is 5.75 Å². The molecule has 7 nitrogen and oxygen atoms in total. The van der Waals surface area contributed by atoms with Gasteiger partial charge in [0.2, 0.25) is 0 Å². The van der Waals surface area contributed by atoms with E-state index in [4.69, 9.17) is 20.4 Å². The van der Waals surface area contributed by atoms with Crippen LogP contribution in [0.3, 0.4) is 0 Å². The minimum atomic E-state index is -0.510. The Morgan fingerprint density at radius 2 is 1.88 bits per heavy atom. The lowest BCUT2D eigenvalue weighted by Gasteiger charge is -2.16. The van der Waals surface area contributed by atoms with Crippen molar-refractivity contribution in [3.63, 3.8) is 0 Å². The van der Waals surface area contributed by atoms with Crippen molar-refractivity contribution in [2.45, 2.75) is 31.8 Å². The van der Waals surface area contributed by atoms with Gasteiger partial charge in [0.15, 0.2) is 5.82 Å². The maximum absolute atomic E-state index is 11.9. The van der Waals surface area contributed by atoms with Gasteiger partial charge in [-0.1, -0.05) is 12.1 Å². The Balaban J connectivity index is 1.62. The van der Waals surface area contributed by atoms with Gasteiger partial charge in [-0.15, -0.1) is 0 Å². The molecule has 160 valence electrons. The van der Waals surface area contributed by atoms with Crippen molar-refractivity contribution < 1.29 is 9.53 Å². The molecule has 1 fully saturated rings. The summed E-state index contributed by atoms with van der Waals surface area (Å²) in [5.41, 5.74) is 8.11. The Labute approximate surface area is 185 Å². The number of carbonyl (C=O) groups excluding carboxylic acids is 1. The Kier molecular flexibility index (Phi) is 5.37. The molecule has 1 aliphatic rings. The minimum Gasteiger partial charge on any atom is -0.490 e. The number of hydrogen-bond donors (Lipinski definition) is 2. The number of pyridine rings is 1. The van der Waals surface area contributed by atoms with Gasteiger partial charge in [-0.2, -0.15) is 0 Å². The summed E-state index contributed by atoms with van der Waals surface area (Å²) in [5.74, 6) is 1.38. The highest BCUT2D eigenvalue weighted by atomic mass is 16.5. The zero-order chi connectivity index (χ0) is 21.9. The molecule has 2 aromatic carbocycles. The monoisotopic (exact) mass is 425 g/mol. The molecule has 4 aromatic rings. The average molecular weight is 425 g/mol. The van der Waals surface area contributed by atoms with Crippen LogP contribution in [0.4, 0.5) is 11.5 Å². The van der Waals surface area contributed by atoms with Crippen LogP contribution in [0, 0.1) is 0 Å². The highest BCUT2D eigenvalue weighted by molar-refractivity contribution is 6.01. The first kappa shape index (κ1) is 19.9. The predicted octanol–water partition coefficient (Wildman–Crippen LogP) is 4.86. The molecule has 32 heavy (non-hydrogen) atoms. The number of anilines is 2. The molecule has 3 N–H and O–H groups in total. The number of primary amides is 1. The number of benzene rings is 2. The van der Waals surface area contributed by atoms with Crippen LogP contribution in [-0.2, 0) is 0 Å². The second-order valence-corrected chi connectivity index (χ2v) is 7.88. The largest absolute Gasteiger partial charge is 0.490 e. The number of nitrogens with zero attached hydrogens (tertiary/aromatic N) is 3. The fraction of sp³-hybridized carbons (Fsp3) is 0.200. The third kappa shape index (κ3) is 4.09. The zero-order valence-corrected chi connectivity index (χ0v) is 17.5. The van der Waals surface area contributed by atoms with Crippen molar-refractivity contribution in [2.24, 2.45) is 5.73 Å². The summed E-state index contributed by atoms with van der Waals surface area (Å²) < 4.78 is 6.20. The molecule has 0 spiro atoms. The van der Waals surface area contributed by atoms with Crippen molar-refractivity contribution in [2.75, 3.05) is 5.32 Å². The predicted molar refractivity (Wildman–Crippen MR) is 124 cm³/mol. The molecule has 1 amide bonds. The molecule has 2 aromatic heterocycles. The number of nitrogens with one attached hydrogen (secondary N) is 1. The second-order valence-electron chi connectivity index (χ2n) is 7.88. The summed E-state index contributed by atoms with van der Waals surface area (Å²) in [6.45, 7) is 0. The van der Waals surface area contributed by atoms with E-state index < -0.39 is 5.91 Å². The first-order valence-electron chi connectivity index (χ1n) is 10.7. The lowest BCUT2D eigenvalue weighted by molar-refractivity contribution is 0.100. The quantitative estimate of drug-likeness (QED) is 0.457. The Morgan fingerprint density at radius 1 is 1.03 bits per heavy atom. The van der Waals surface area contributed by atoms with Crippen LogP contribution in [0.15, 0.2) is 67.0 Å². The van der Waals surface area contributed by atoms with Gasteiger partial charge in [0.25, 0.3) is 5.91 Å². The number of carbonyl (C=O) groups is 1. The summed E-state index contributed by atoms with van der Waals surface area (Å²) in [6.07, 6.45) is 8.23. The Hall–Kier alpha value is -4.00. The highest BCUT2D eigenvalue weighted by Crippen LogP contribution is 2.32. The SMILES string of the molecule is NC(=O)c1ccccc1Nc1nc(-c2cccnc2)nc2ccc(OC3CCCC3)cc12. The van der Waals surface area contributed by atoms with Crippen LogP contribution in [-0.4, -0.2) is 27.0 Å². The third-order valence-electron chi connectivity index (χ3n) is 5.64. The molecule has 0 atom stereocenters. The first-order valence-corrected chi connectivity index (χ1v) is 10.7. The summed E-state index contributed by atoms with van der Waals surface area (Å²) >= 11 is 0. The zero-order valence-electron chi connectivity index (χ0n) is 17.5. The van der Waals surface area contributed by atoms with Crippen molar-refractivity contribution in [1.82, 2.24) is 15.0 Å². The number of amides is 1. The number of fused-ring (bicyclic) bond motifs is 1. The molecule has 1 aliphatic carbocycles. The molecule has 2 heterocycles. The van der Waals surface area contributed by atoms with E-state index in [1.165, 1.54) is 12.8 Å². The van der Waals surface area contributed by atoms with Gasteiger partial charge in [0.05, 0.1) is 22.9 Å². The smallest absolute Gasteiger partial charge is 0.250 e. The Bertz CT molecular complexity index is 1270. The standard InChI is InChI=1S/C25H23N5O2/c26-23(31)19-9-3-4-10-21(19)29-25-20-14-18(32-17-7-1-2-8-17)11-12-22(20)28-24(30-25)16-6-5-13-27-15-16/h3-6,9-15,17H,1-2,7-8H2,(H2,26,31)(H,28,29,30). The Morgan fingerprint density at radius 3 is 2.66 bits per heavy atom. The summed E-state index contributed by atoms with van der Waals surface area (Å²) in [6, 6.07) is 16.7. The molecule has 0 radical (unpaired) electrons. The van der Waals surface area contributed by atoms with Crippen molar-refractivity contribution in [3.05, 3.63) is 72.6 Å². The van der Waals surface area contributed by atoms with Gasteiger partial charge < -0.3 is 15.8 Å². The lowest BCUT2D eigenvalue weighted by atomic mass is 10.1. The van der Waals surface area contributed by atoms with Gasteiger partial charge in [-0.3, -0.25) is 9.78 Å². The van der Waals surface area contributed by atoms with E-state index in [0.29, 0.717) is 22.9 Å². The fourth-order valence-corrected chi connectivity index (χ4v) is 4.03. The van der Waals surface area contributed by atoms with Gasteiger partial charge >= 0.3 is 0 Å². The molecule has 0 aliphatic heterocycles. The molecule has 0 saturated heterocycles. The molecular formula is C25H23N5O2. The number of nitrogens with two attached hydrogens (primary N) is 1. The molecule has 0 unspecified atom stereocenters. The number of para-hydroxylation sites is 1. The van der Waals surface area contributed by atoms with Crippen molar-refractivity contribution in [3.8, 4) is 17.1 Å². The van der Waals surface area contributed by atoms with E-state index >= 15 is 0 Å². The fourth-order valence-electron chi connectivity index (χ4n) is 4.03. The average Bonchev–Trinajstić information content (AvgIpc) is 3.33. The van der Waals surface area contributed by atoms with Gasteiger partial charge in [-0.05, 0) is 68.1 Å². The van der Waals surface area contributed by atoms with E-state index in [1.54, 1.807) is 30.6 Å². The van der Waals surface area contributed by atoms with Crippen LogP contribution in [0.2, 0.25) is 0 Å². The summed E-state index contributed by atoms with van der Waals surface area (Å²) in [4.78, 5) is 25.6. The summed E-state index contributed by atoms with van der Waals surface area (Å²) in [7, 11) is 0. The molecule has 1 saturated carbocycles. The van der Waals surface area contributed by atoms with Crippen molar-refractivity contribution in [1.29, 1.82) is 0 Å². The number of aromatic nitrogens is 3. The van der Waals surface area contributed by atoms with E-state index in [1.807, 2.05) is 36.4 Å². The van der Waals surface area contributed by atoms with E-state index in [2.05, 4.69) is 10.3 Å². The van der Waals surface area contributed by atoms with E-state index in [0.717, 1.165) is 35.1 Å².